The standard InChI is InChI=1S/C20H23F2N3O2/c1-3-23-12-14-6-4-5-7-18(14)25-20(27)11-19(24-13(2)26)16-9-8-15(21)10-17(16)22/h4-10,19,23H,3,11-12H2,1-2H3,(H,24,26)(H,25,27). The van der Waals surface area contributed by atoms with Crippen molar-refractivity contribution in [2.45, 2.75) is 32.9 Å². The first-order chi connectivity index (χ1) is 12.9. The summed E-state index contributed by atoms with van der Waals surface area (Å²) in [5.41, 5.74) is 1.61. The van der Waals surface area contributed by atoms with Crippen LogP contribution in [0, 0.1) is 11.6 Å². The number of benzene rings is 2. The number of nitrogens with one attached hydrogen (secondary N) is 3. The number of hydrogen-bond acceptors (Lipinski definition) is 3. The monoisotopic (exact) mass is 375 g/mol. The Bertz CT molecular complexity index is 812. The Morgan fingerprint density at radius 3 is 2.52 bits per heavy atom. The van der Waals surface area contributed by atoms with Gasteiger partial charge in [-0.2, -0.15) is 0 Å². The molecule has 2 amide bonds. The SMILES string of the molecule is CCNCc1ccccc1NC(=O)CC(NC(C)=O)c1ccc(F)cc1F. The van der Waals surface area contributed by atoms with Crippen molar-refractivity contribution in [3.63, 3.8) is 0 Å². The number of para-hydroxylation sites is 1. The second-order valence-electron chi connectivity index (χ2n) is 6.11. The van der Waals surface area contributed by atoms with Crippen LogP contribution in [0.1, 0.15) is 37.4 Å². The predicted molar refractivity (Wildman–Crippen MR) is 100.0 cm³/mol. The fourth-order valence-electron chi connectivity index (χ4n) is 2.71. The molecule has 7 heteroatoms. The lowest BCUT2D eigenvalue weighted by Gasteiger charge is -2.19. The lowest BCUT2D eigenvalue weighted by molar-refractivity contribution is -0.120. The van der Waals surface area contributed by atoms with E-state index < -0.39 is 23.6 Å². The summed E-state index contributed by atoms with van der Waals surface area (Å²) >= 11 is 0. The Morgan fingerprint density at radius 2 is 1.85 bits per heavy atom. The number of carbonyl (C=O) groups is 2. The Labute approximate surface area is 157 Å². The van der Waals surface area contributed by atoms with Gasteiger partial charge < -0.3 is 16.0 Å². The van der Waals surface area contributed by atoms with Crippen LogP contribution in [-0.2, 0) is 16.1 Å². The average Bonchev–Trinajstić information content (AvgIpc) is 2.60. The molecule has 144 valence electrons. The molecular formula is C20H23F2N3O2. The molecule has 2 rings (SSSR count). The number of amides is 2. The summed E-state index contributed by atoms with van der Waals surface area (Å²) in [5.74, 6) is -2.33. The van der Waals surface area contributed by atoms with E-state index in [1.807, 2.05) is 19.1 Å². The molecule has 2 aromatic carbocycles. The first kappa shape index (κ1) is 20.5. The maximum Gasteiger partial charge on any atom is 0.226 e. The summed E-state index contributed by atoms with van der Waals surface area (Å²) in [5, 5.41) is 8.53. The quantitative estimate of drug-likeness (QED) is 0.663. The Kier molecular flexibility index (Phi) is 7.43. The Balaban J connectivity index is 2.16. The van der Waals surface area contributed by atoms with Crippen molar-refractivity contribution in [2.24, 2.45) is 0 Å². The third kappa shape index (κ3) is 6.14. The highest BCUT2D eigenvalue weighted by Gasteiger charge is 2.21. The third-order valence-corrected chi connectivity index (χ3v) is 3.96. The zero-order valence-corrected chi connectivity index (χ0v) is 15.3. The smallest absolute Gasteiger partial charge is 0.226 e. The van der Waals surface area contributed by atoms with Crippen molar-refractivity contribution < 1.29 is 18.4 Å². The predicted octanol–water partition coefficient (Wildman–Crippen LogP) is 3.28. The first-order valence-corrected chi connectivity index (χ1v) is 8.71. The van der Waals surface area contributed by atoms with Gasteiger partial charge in [-0.05, 0) is 24.2 Å². The summed E-state index contributed by atoms with van der Waals surface area (Å²) in [4.78, 5) is 24.0. The minimum atomic E-state index is -0.899. The molecule has 1 unspecified atom stereocenters. The van der Waals surface area contributed by atoms with Crippen LogP contribution in [0.4, 0.5) is 14.5 Å². The van der Waals surface area contributed by atoms with Gasteiger partial charge in [0.2, 0.25) is 11.8 Å². The van der Waals surface area contributed by atoms with Gasteiger partial charge in [0.1, 0.15) is 11.6 Å². The van der Waals surface area contributed by atoms with Crippen LogP contribution < -0.4 is 16.0 Å². The van der Waals surface area contributed by atoms with E-state index in [1.54, 1.807) is 12.1 Å². The molecule has 0 saturated heterocycles. The van der Waals surface area contributed by atoms with Crippen LogP contribution >= 0.6 is 0 Å². The van der Waals surface area contributed by atoms with Crippen molar-refractivity contribution in [3.05, 3.63) is 65.2 Å². The van der Waals surface area contributed by atoms with Crippen LogP contribution in [0.5, 0.6) is 0 Å². The zero-order chi connectivity index (χ0) is 19.8. The Morgan fingerprint density at radius 1 is 1.11 bits per heavy atom. The molecule has 0 aromatic heterocycles. The minimum absolute atomic E-state index is 0.0580. The number of rotatable bonds is 8. The summed E-state index contributed by atoms with van der Waals surface area (Å²) in [6.07, 6.45) is -0.183. The van der Waals surface area contributed by atoms with E-state index in [4.69, 9.17) is 0 Å². The fraction of sp³-hybridized carbons (Fsp3) is 0.300. The van der Waals surface area contributed by atoms with Gasteiger partial charge in [0.05, 0.1) is 12.5 Å². The van der Waals surface area contributed by atoms with Crippen molar-refractivity contribution in [1.82, 2.24) is 10.6 Å². The number of hydrogen-bond donors (Lipinski definition) is 3. The largest absolute Gasteiger partial charge is 0.349 e. The van der Waals surface area contributed by atoms with Gasteiger partial charge in [-0.1, -0.05) is 31.2 Å². The number of carbonyl (C=O) groups excluding carboxylic acids is 2. The molecule has 0 spiro atoms. The van der Waals surface area contributed by atoms with Gasteiger partial charge in [0.25, 0.3) is 0 Å². The maximum absolute atomic E-state index is 14.1. The molecular weight excluding hydrogens is 352 g/mol. The Hall–Kier alpha value is -2.80. The summed E-state index contributed by atoms with van der Waals surface area (Å²) in [6.45, 7) is 4.64. The van der Waals surface area contributed by atoms with E-state index in [0.29, 0.717) is 12.2 Å². The van der Waals surface area contributed by atoms with Crippen LogP contribution in [0.25, 0.3) is 0 Å². The van der Waals surface area contributed by atoms with Gasteiger partial charge >= 0.3 is 0 Å². The third-order valence-electron chi connectivity index (χ3n) is 3.96. The second-order valence-corrected chi connectivity index (χ2v) is 6.11. The minimum Gasteiger partial charge on any atom is -0.349 e. The van der Waals surface area contributed by atoms with E-state index in [-0.39, 0.29) is 17.9 Å². The van der Waals surface area contributed by atoms with Crippen molar-refractivity contribution in [1.29, 1.82) is 0 Å². The van der Waals surface area contributed by atoms with Gasteiger partial charge in [-0.25, -0.2) is 8.78 Å². The molecule has 27 heavy (non-hydrogen) atoms. The highest BCUT2D eigenvalue weighted by atomic mass is 19.1. The molecule has 0 bridgehead atoms. The molecule has 1 atom stereocenters. The highest BCUT2D eigenvalue weighted by molar-refractivity contribution is 5.92. The van der Waals surface area contributed by atoms with Crippen molar-refractivity contribution >= 4 is 17.5 Å². The molecule has 5 nitrogen and oxygen atoms in total. The van der Waals surface area contributed by atoms with Gasteiger partial charge in [0.15, 0.2) is 0 Å². The van der Waals surface area contributed by atoms with E-state index in [9.17, 15) is 18.4 Å². The van der Waals surface area contributed by atoms with Crippen LogP contribution in [0.3, 0.4) is 0 Å². The topological polar surface area (TPSA) is 70.2 Å². The van der Waals surface area contributed by atoms with Crippen molar-refractivity contribution in [3.8, 4) is 0 Å². The molecule has 3 N–H and O–H groups in total. The first-order valence-electron chi connectivity index (χ1n) is 8.71. The summed E-state index contributed by atoms with van der Waals surface area (Å²) < 4.78 is 27.3. The van der Waals surface area contributed by atoms with Gasteiger partial charge in [-0.15, -0.1) is 0 Å². The maximum atomic E-state index is 14.1. The van der Waals surface area contributed by atoms with Crippen LogP contribution in [0.2, 0.25) is 0 Å². The van der Waals surface area contributed by atoms with Crippen LogP contribution in [0.15, 0.2) is 42.5 Å². The molecule has 0 radical (unpaired) electrons. The number of halogens is 2. The van der Waals surface area contributed by atoms with E-state index in [2.05, 4.69) is 16.0 Å². The normalized spacial score (nSPS) is 11.7. The molecule has 0 heterocycles. The van der Waals surface area contributed by atoms with Gasteiger partial charge in [0, 0.05) is 30.8 Å². The second kappa shape index (κ2) is 9.78. The summed E-state index contributed by atoms with van der Waals surface area (Å²) in [7, 11) is 0. The van der Waals surface area contributed by atoms with E-state index >= 15 is 0 Å². The lowest BCUT2D eigenvalue weighted by Crippen LogP contribution is -2.30. The average molecular weight is 375 g/mol. The van der Waals surface area contributed by atoms with E-state index in [0.717, 1.165) is 24.2 Å². The molecule has 0 aliphatic rings. The van der Waals surface area contributed by atoms with Crippen molar-refractivity contribution in [2.75, 3.05) is 11.9 Å². The molecule has 0 saturated carbocycles. The molecule has 0 fully saturated rings. The van der Waals surface area contributed by atoms with Crippen LogP contribution in [-0.4, -0.2) is 18.4 Å². The molecule has 2 aromatic rings. The molecule has 0 aliphatic heterocycles. The van der Waals surface area contributed by atoms with Gasteiger partial charge in [-0.3, -0.25) is 9.59 Å². The highest BCUT2D eigenvalue weighted by Crippen LogP contribution is 2.23. The zero-order valence-electron chi connectivity index (χ0n) is 15.3. The number of anilines is 1. The lowest BCUT2D eigenvalue weighted by atomic mass is 10.0. The fourth-order valence-corrected chi connectivity index (χ4v) is 2.71. The molecule has 0 aliphatic carbocycles. The summed E-state index contributed by atoms with van der Waals surface area (Å²) in [6, 6.07) is 9.50. The van der Waals surface area contributed by atoms with E-state index in [1.165, 1.54) is 13.0 Å².